The number of alkyl halides is 3. The first kappa shape index (κ1) is 28.4. The van der Waals surface area contributed by atoms with Gasteiger partial charge in [0.15, 0.2) is 0 Å². The Bertz CT molecular complexity index is 1380. The van der Waals surface area contributed by atoms with Crippen molar-refractivity contribution < 1.29 is 27.4 Å². The first-order valence-corrected chi connectivity index (χ1v) is 12.2. The van der Waals surface area contributed by atoms with E-state index in [0.29, 0.717) is 29.3 Å². The van der Waals surface area contributed by atoms with E-state index < -0.39 is 23.5 Å². The molecule has 0 bridgehead atoms. The molecule has 40 heavy (non-hydrogen) atoms. The van der Waals surface area contributed by atoms with Gasteiger partial charge in [0, 0.05) is 56.3 Å². The van der Waals surface area contributed by atoms with E-state index in [1.807, 2.05) is 7.05 Å². The van der Waals surface area contributed by atoms with Crippen molar-refractivity contribution in [3.63, 3.8) is 0 Å². The Morgan fingerprint density at radius 2 is 1.77 bits per heavy atom. The van der Waals surface area contributed by atoms with Gasteiger partial charge < -0.3 is 35.2 Å². The minimum atomic E-state index is -4.76. The van der Waals surface area contributed by atoms with Gasteiger partial charge in [0.05, 0.1) is 25.6 Å². The number of likely N-dealkylation sites (N-methyl/N-ethyl adjacent to an activating group) is 1. The SMILES string of the molecule is C=CC(=O)Nc1cc(OC)ccc1Nc1nc(Nc2cc(OC)nc(N3CCN(C)CC3)c2)ncc1C(F)(F)F. The summed E-state index contributed by atoms with van der Waals surface area (Å²) in [6, 6.07) is 7.81. The molecule has 0 spiro atoms. The third-order valence-electron chi connectivity index (χ3n) is 6.10. The highest BCUT2D eigenvalue weighted by atomic mass is 19.4. The van der Waals surface area contributed by atoms with Crippen LogP contribution in [0.1, 0.15) is 5.56 Å². The average Bonchev–Trinajstić information content (AvgIpc) is 2.93. The molecule has 11 nitrogen and oxygen atoms in total. The van der Waals surface area contributed by atoms with Crippen LogP contribution in [0.15, 0.2) is 49.2 Å². The summed E-state index contributed by atoms with van der Waals surface area (Å²) >= 11 is 0. The lowest BCUT2D eigenvalue weighted by atomic mass is 10.2. The Kier molecular flexibility index (Phi) is 8.58. The molecular formula is C26H29F3N8O3. The van der Waals surface area contributed by atoms with Crippen molar-refractivity contribution in [2.75, 3.05) is 68.3 Å². The number of methoxy groups -OCH3 is 2. The molecule has 0 unspecified atom stereocenters. The number of amides is 1. The molecule has 1 aromatic carbocycles. The van der Waals surface area contributed by atoms with Gasteiger partial charge in [-0.25, -0.2) is 4.98 Å². The number of ether oxygens (including phenoxy) is 2. The topological polar surface area (TPSA) is 117 Å². The molecule has 3 aromatic rings. The molecule has 1 aliphatic heterocycles. The Morgan fingerprint density at radius 3 is 2.42 bits per heavy atom. The third kappa shape index (κ3) is 6.88. The van der Waals surface area contributed by atoms with E-state index in [2.05, 4.69) is 47.3 Å². The van der Waals surface area contributed by atoms with Crippen molar-refractivity contribution in [1.82, 2.24) is 19.9 Å². The number of carbonyl (C=O) groups is 1. The molecule has 1 saturated heterocycles. The first-order chi connectivity index (χ1) is 19.1. The van der Waals surface area contributed by atoms with Crippen molar-refractivity contribution in [3.05, 3.63) is 54.7 Å². The second kappa shape index (κ2) is 12.1. The minimum Gasteiger partial charge on any atom is -0.497 e. The van der Waals surface area contributed by atoms with E-state index in [-0.39, 0.29) is 17.3 Å². The van der Waals surface area contributed by atoms with Crippen LogP contribution < -0.4 is 30.3 Å². The predicted octanol–water partition coefficient (Wildman–Crippen LogP) is 4.27. The summed E-state index contributed by atoms with van der Waals surface area (Å²) < 4.78 is 52.2. The summed E-state index contributed by atoms with van der Waals surface area (Å²) in [6.07, 6.45) is -3.04. The van der Waals surface area contributed by atoms with Crippen LogP contribution >= 0.6 is 0 Å². The number of anilines is 6. The summed E-state index contributed by atoms with van der Waals surface area (Å²) in [5.74, 6) is 0.183. The predicted molar refractivity (Wildman–Crippen MR) is 146 cm³/mol. The Balaban J connectivity index is 1.68. The maximum atomic E-state index is 13.9. The van der Waals surface area contributed by atoms with Gasteiger partial charge in [-0.1, -0.05) is 6.58 Å². The molecule has 212 valence electrons. The van der Waals surface area contributed by atoms with Crippen LogP contribution in [-0.4, -0.2) is 73.2 Å². The van der Waals surface area contributed by atoms with Crippen molar-refractivity contribution in [3.8, 4) is 11.6 Å². The van der Waals surface area contributed by atoms with Gasteiger partial charge in [0.25, 0.3) is 0 Å². The lowest BCUT2D eigenvalue weighted by Gasteiger charge is -2.33. The van der Waals surface area contributed by atoms with Gasteiger partial charge >= 0.3 is 6.18 Å². The fraction of sp³-hybridized carbons (Fsp3) is 0.308. The van der Waals surface area contributed by atoms with Crippen LogP contribution in [0.4, 0.5) is 47.8 Å². The molecule has 4 rings (SSSR count). The zero-order valence-corrected chi connectivity index (χ0v) is 22.2. The fourth-order valence-electron chi connectivity index (χ4n) is 3.91. The number of aromatic nitrogens is 3. The number of carbonyl (C=O) groups excluding carboxylic acids is 1. The number of rotatable bonds is 9. The Labute approximate surface area is 229 Å². The summed E-state index contributed by atoms with van der Waals surface area (Å²) in [5.41, 5.74) is -0.301. The van der Waals surface area contributed by atoms with Crippen LogP contribution in [0, 0.1) is 0 Å². The number of nitrogens with one attached hydrogen (secondary N) is 3. The third-order valence-corrected chi connectivity index (χ3v) is 6.10. The minimum absolute atomic E-state index is 0.0988. The molecule has 0 saturated carbocycles. The fourth-order valence-corrected chi connectivity index (χ4v) is 3.91. The highest BCUT2D eigenvalue weighted by molar-refractivity contribution is 6.01. The molecular weight excluding hydrogens is 529 g/mol. The van der Waals surface area contributed by atoms with Crippen molar-refractivity contribution in [2.45, 2.75) is 6.18 Å². The molecule has 1 aliphatic rings. The molecule has 1 amide bonds. The maximum Gasteiger partial charge on any atom is 0.421 e. The van der Waals surface area contributed by atoms with E-state index in [4.69, 9.17) is 9.47 Å². The van der Waals surface area contributed by atoms with Gasteiger partial charge in [-0.15, -0.1) is 0 Å². The number of hydrogen-bond acceptors (Lipinski definition) is 10. The monoisotopic (exact) mass is 558 g/mol. The number of piperazine rings is 1. The first-order valence-electron chi connectivity index (χ1n) is 12.2. The molecule has 1 fully saturated rings. The molecule has 0 atom stereocenters. The summed E-state index contributed by atoms with van der Waals surface area (Å²) in [7, 11) is 4.95. The van der Waals surface area contributed by atoms with Gasteiger partial charge in [-0.05, 0) is 25.3 Å². The van der Waals surface area contributed by atoms with Gasteiger partial charge in [0.1, 0.15) is 22.9 Å². The number of benzene rings is 1. The van der Waals surface area contributed by atoms with E-state index in [0.717, 1.165) is 32.3 Å². The number of pyridine rings is 1. The van der Waals surface area contributed by atoms with Crippen molar-refractivity contribution in [2.24, 2.45) is 0 Å². The zero-order valence-electron chi connectivity index (χ0n) is 22.2. The van der Waals surface area contributed by atoms with Gasteiger partial charge in [0.2, 0.25) is 17.7 Å². The van der Waals surface area contributed by atoms with Crippen LogP contribution in [0.5, 0.6) is 11.6 Å². The number of hydrogen-bond donors (Lipinski definition) is 3. The second-order valence-electron chi connectivity index (χ2n) is 8.86. The lowest BCUT2D eigenvalue weighted by molar-refractivity contribution is -0.137. The highest BCUT2D eigenvalue weighted by Gasteiger charge is 2.35. The average molecular weight is 559 g/mol. The highest BCUT2D eigenvalue weighted by Crippen LogP contribution is 2.37. The Morgan fingerprint density at radius 1 is 1.02 bits per heavy atom. The Hall–Kier alpha value is -4.59. The van der Waals surface area contributed by atoms with E-state index in [1.165, 1.54) is 32.4 Å². The van der Waals surface area contributed by atoms with E-state index in [9.17, 15) is 18.0 Å². The summed E-state index contributed by atoms with van der Waals surface area (Å²) in [4.78, 5) is 28.8. The molecule has 0 radical (unpaired) electrons. The van der Waals surface area contributed by atoms with Crippen LogP contribution in [0.25, 0.3) is 0 Å². The quantitative estimate of drug-likeness (QED) is 0.329. The van der Waals surface area contributed by atoms with Crippen molar-refractivity contribution in [1.29, 1.82) is 0 Å². The van der Waals surface area contributed by atoms with Crippen molar-refractivity contribution >= 4 is 40.6 Å². The standard InChI is InChI=1S/C26H29F3N8O3/c1-5-22(38)32-20-14-17(39-3)6-7-19(20)33-24-18(26(27,28)29)15-30-25(35-24)31-16-12-21(34-23(13-16)40-4)37-10-8-36(2)9-11-37/h5-7,12-15H,1,8-11H2,2-4H3,(H,32,38)(H2,30,31,33,34,35). The molecule has 0 aliphatic carbocycles. The number of nitrogens with zero attached hydrogens (tertiary/aromatic N) is 5. The largest absolute Gasteiger partial charge is 0.497 e. The van der Waals surface area contributed by atoms with Crippen LogP contribution in [0.3, 0.4) is 0 Å². The van der Waals surface area contributed by atoms with E-state index in [1.54, 1.807) is 12.1 Å². The van der Waals surface area contributed by atoms with E-state index >= 15 is 0 Å². The van der Waals surface area contributed by atoms with Gasteiger partial charge in [-0.2, -0.15) is 23.1 Å². The molecule has 3 heterocycles. The lowest BCUT2D eigenvalue weighted by Crippen LogP contribution is -2.44. The van der Waals surface area contributed by atoms with Crippen LogP contribution in [-0.2, 0) is 11.0 Å². The number of halogens is 3. The molecule has 3 N–H and O–H groups in total. The summed E-state index contributed by atoms with van der Waals surface area (Å²) in [5, 5.41) is 8.19. The molecule has 2 aromatic heterocycles. The normalized spacial score (nSPS) is 13.9. The van der Waals surface area contributed by atoms with Gasteiger partial charge in [-0.3, -0.25) is 4.79 Å². The maximum absolute atomic E-state index is 13.9. The van der Waals surface area contributed by atoms with Crippen LogP contribution in [0.2, 0.25) is 0 Å². The zero-order chi connectivity index (χ0) is 28.9. The smallest absolute Gasteiger partial charge is 0.421 e. The molecule has 14 heteroatoms. The summed E-state index contributed by atoms with van der Waals surface area (Å²) in [6.45, 7) is 6.64. The second-order valence-corrected chi connectivity index (χ2v) is 8.86.